The van der Waals surface area contributed by atoms with Gasteiger partial charge in [0.1, 0.15) is 0 Å². The molecule has 1 heterocycles. The van der Waals surface area contributed by atoms with Crippen molar-refractivity contribution in [2.75, 3.05) is 5.32 Å². The summed E-state index contributed by atoms with van der Waals surface area (Å²) >= 11 is 0. The molecule has 6 nitrogen and oxygen atoms in total. The zero-order chi connectivity index (χ0) is 17.8. The second-order valence-corrected chi connectivity index (χ2v) is 5.45. The smallest absolute Gasteiger partial charge is 0.326 e. The first kappa shape index (κ1) is 16.3. The Balaban J connectivity index is 1.79. The van der Waals surface area contributed by atoms with E-state index < -0.39 is 11.2 Å². The molecule has 0 saturated heterocycles. The SMILES string of the molecule is C#Cc1cccc(NC(=O)CCn2c(=O)[nH]c(=O)c3ccccc32)c1. The number of para-hydroxylation sites is 1. The van der Waals surface area contributed by atoms with Crippen LogP contribution in [0.1, 0.15) is 12.0 Å². The van der Waals surface area contributed by atoms with E-state index in [4.69, 9.17) is 6.42 Å². The van der Waals surface area contributed by atoms with Crippen molar-refractivity contribution in [1.29, 1.82) is 0 Å². The first-order chi connectivity index (χ1) is 12.1. The molecule has 0 atom stereocenters. The second-order valence-electron chi connectivity index (χ2n) is 5.45. The number of amides is 1. The highest BCUT2D eigenvalue weighted by molar-refractivity contribution is 5.91. The van der Waals surface area contributed by atoms with Gasteiger partial charge in [0, 0.05) is 24.2 Å². The van der Waals surface area contributed by atoms with Crippen molar-refractivity contribution in [1.82, 2.24) is 9.55 Å². The van der Waals surface area contributed by atoms with Gasteiger partial charge in [0.25, 0.3) is 5.56 Å². The number of aromatic nitrogens is 2. The molecule has 25 heavy (non-hydrogen) atoms. The van der Waals surface area contributed by atoms with Crippen LogP contribution in [0.3, 0.4) is 0 Å². The molecule has 6 heteroatoms. The molecule has 0 saturated carbocycles. The van der Waals surface area contributed by atoms with Crippen molar-refractivity contribution >= 4 is 22.5 Å². The lowest BCUT2D eigenvalue weighted by atomic mass is 10.2. The summed E-state index contributed by atoms with van der Waals surface area (Å²) in [4.78, 5) is 38.3. The average Bonchev–Trinajstić information content (AvgIpc) is 2.61. The summed E-state index contributed by atoms with van der Waals surface area (Å²) in [5.74, 6) is 2.25. The van der Waals surface area contributed by atoms with Gasteiger partial charge in [-0.05, 0) is 30.3 Å². The second kappa shape index (κ2) is 6.89. The molecule has 3 rings (SSSR count). The Morgan fingerprint density at radius 3 is 2.76 bits per heavy atom. The summed E-state index contributed by atoms with van der Waals surface area (Å²) in [7, 11) is 0. The van der Waals surface area contributed by atoms with Crippen molar-refractivity contribution in [3.05, 3.63) is 74.9 Å². The third-order valence-corrected chi connectivity index (χ3v) is 3.78. The van der Waals surface area contributed by atoms with Crippen molar-refractivity contribution in [2.45, 2.75) is 13.0 Å². The summed E-state index contributed by atoms with van der Waals surface area (Å²) < 4.78 is 1.38. The minimum atomic E-state index is -0.536. The van der Waals surface area contributed by atoms with E-state index in [0.29, 0.717) is 22.2 Å². The normalized spacial score (nSPS) is 10.4. The van der Waals surface area contributed by atoms with Crippen LogP contribution in [-0.4, -0.2) is 15.5 Å². The van der Waals surface area contributed by atoms with Crippen LogP contribution >= 0.6 is 0 Å². The van der Waals surface area contributed by atoms with Crippen molar-refractivity contribution in [3.8, 4) is 12.3 Å². The fourth-order valence-electron chi connectivity index (χ4n) is 2.59. The Bertz CT molecular complexity index is 1100. The van der Waals surface area contributed by atoms with Gasteiger partial charge >= 0.3 is 5.69 Å². The Morgan fingerprint density at radius 1 is 1.16 bits per heavy atom. The molecule has 1 amide bonds. The standard InChI is InChI=1S/C19H15N3O3/c1-2-13-6-5-7-14(12-13)20-17(23)10-11-22-16-9-4-3-8-15(16)18(24)21-19(22)25/h1,3-9,12H,10-11H2,(H,20,23)(H,21,24,25). The lowest BCUT2D eigenvalue weighted by Gasteiger charge is -2.10. The third kappa shape index (κ3) is 3.51. The Labute approximate surface area is 143 Å². The maximum Gasteiger partial charge on any atom is 0.328 e. The summed E-state index contributed by atoms with van der Waals surface area (Å²) in [5, 5.41) is 3.15. The Morgan fingerprint density at radius 2 is 1.96 bits per heavy atom. The summed E-state index contributed by atoms with van der Waals surface area (Å²) in [5.41, 5.74) is 0.788. The molecule has 0 unspecified atom stereocenters. The maximum atomic E-state index is 12.1. The minimum Gasteiger partial charge on any atom is -0.326 e. The number of hydrogen-bond donors (Lipinski definition) is 2. The first-order valence-electron chi connectivity index (χ1n) is 7.67. The van der Waals surface area contributed by atoms with E-state index in [9.17, 15) is 14.4 Å². The highest BCUT2D eigenvalue weighted by Gasteiger charge is 2.09. The molecule has 2 aromatic carbocycles. The lowest BCUT2D eigenvalue weighted by Crippen LogP contribution is -2.31. The molecule has 124 valence electrons. The maximum absolute atomic E-state index is 12.1. The number of benzene rings is 2. The monoisotopic (exact) mass is 333 g/mol. The number of terminal acetylenes is 1. The summed E-state index contributed by atoms with van der Waals surface area (Å²) in [6.45, 7) is 0.150. The number of nitrogens with one attached hydrogen (secondary N) is 2. The van der Waals surface area contributed by atoms with Gasteiger partial charge in [-0.15, -0.1) is 6.42 Å². The van der Waals surface area contributed by atoms with Crippen molar-refractivity contribution in [2.24, 2.45) is 0 Å². The van der Waals surface area contributed by atoms with E-state index >= 15 is 0 Å². The quantitative estimate of drug-likeness (QED) is 0.713. The molecule has 3 aromatic rings. The number of aryl methyl sites for hydroxylation is 1. The van der Waals surface area contributed by atoms with Gasteiger partial charge in [-0.25, -0.2) is 4.79 Å². The molecule has 0 spiro atoms. The largest absolute Gasteiger partial charge is 0.328 e. The van der Waals surface area contributed by atoms with Gasteiger partial charge in [0.2, 0.25) is 5.91 Å². The third-order valence-electron chi connectivity index (χ3n) is 3.78. The number of H-pyrrole nitrogens is 1. The molecule has 0 radical (unpaired) electrons. The number of carbonyl (C=O) groups is 1. The Hall–Kier alpha value is -3.59. The number of rotatable bonds is 4. The van der Waals surface area contributed by atoms with E-state index in [2.05, 4.69) is 16.2 Å². The van der Waals surface area contributed by atoms with Crippen molar-refractivity contribution in [3.63, 3.8) is 0 Å². The predicted molar refractivity (Wildman–Crippen MR) is 96.5 cm³/mol. The molecule has 0 aliphatic carbocycles. The molecule has 0 fully saturated rings. The highest BCUT2D eigenvalue weighted by Crippen LogP contribution is 2.11. The lowest BCUT2D eigenvalue weighted by molar-refractivity contribution is -0.116. The molecule has 0 aliphatic rings. The molecule has 2 N–H and O–H groups in total. The van der Waals surface area contributed by atoms with E-state index in [1.165, 1.54) is 4.57 Å². The van der Waals surface area contributed by atoms with Crippen LogP contribution in [0.2, 0.25) is 0 Å². The van der Waals surface area contributed by atoms with Gasteiger partial charge in [-0.2, -0.15) is 0 Å². The molecule has 0 aliphatic heterocycles. The number of aromatic amines is 1. The van der Waals surface area contributed by atoms with Crippen LogP contribution in [0, 0.1) is 12.3 Å². The van der Waals surface area contributed by atoms with E-state index in [1.807, 2.05) is 0 Å². The van der Waals surface area contributed by atoms with Gasteiger partial charge in [-0.1, -0.05) is 24.1 Å². The van der Waals surface area contributed by atoms with Crippen LogP contribution < -0.4 is 16.6 Å². The summed E-state index contributed by atoms with van der Waals surface area (Å²) in [6.07, 6.45) is 5.42. The first-order valence-corrected chi connectivity index (χ1v) is 7.67. The molecular weight excluding hydrogens is 318 g/mol. The zero-order valence-electron chi connectivity index (χ0n) is 13.3. The van der Waals surface area contributed by atoms with Gasteiger partial charge in [0.15, 0.2) is 0 Å². The number of carbonyl (C=O) groups excluding carboxylic acids is 1. The van der Waals surface area contributed by atoms with E-state index in [1.54, 1.807) is 48.5 Å². The number of fused-ring (bicyclic) bond motifs is 1. The minimum absolute atomic E-state index is 0.0796. The van der Waals surface area contributed by atoms with Crippen LogP contribution in [0.5, 0.6) is 0 Å². The molecular formula is C19H15N3O3. The molecule has 1 aromatic heterocycles. The van der Waals surface area contributed by atoms with Gasteiger partial charge in [0.05, 0.1) is 10.9 Å². The van der Waals surface area contributed by atoms with Gasteiger partial charge < -0.3 is 5.32 Å². The average molecular weight is 333 g/mol. The van der Waals surface area contributed by atoms with Crippen molar-refractivity contribution < 1.29 is 4.79 Å². The van der Waals surface area contributed by atoms with Crippen LogP contribution in [0.15, 0.2) is 58.1 Å². The number of hydrogen-bond acceptors (Lipinski definition) is 3. The van der Waals surface area contributed by atoms with Crippen LogP contribution in [0.25, 0.3) is 10.9 Å². The topological polar surface area (TPSA) is 84.0 Å². The fraction of sp³-hybridized carbons (Fsp3) is 0.105. The van der Waals surface area contributed by atoms with Crippen LogP contribution in [-0.2, 0) is 11.3 Å². The number of anilines is 1. The zero-order valence-corrected chi connectivity index (χ0v) is 13.3. The fourth-order valence-corrected chi connectivity index (χ4v) is 2.59. The van der Waals surface area contributed by atoms with E-state index in [0.717, 1.165) is 0 Å². The van der Waals surface area contributed by atoms with E-state index in [-0.39, 0.29) is 18.9 Å². The summed E-state index contributed by atoms with van der Waals surface area (Å²) in [6, 6.07) is 13.7. The number of nitrogens with zero attached hydrogens (tertiary/aromatic N) is 1. The molecule has 0 bridgehead atoms. The van der Waals surface area contributed by atoms with Crippen LogP contribution in [0.4, 0.5) is 5.69 Å². The highest BCUT2D eigenvalue weighted by atomic mass is 16.2. The predicted octanol–water partition coefficient (Wildman–Crippen LogP) is 1.70. The van der Waals surface area contributed by atoms with Gasteiger partial charge in [-0.3, -0.25) is 19.1 Å². The Kier molecular flexibility index (Phi) is 4.48.